The van der Waals surface area contributed by atoms with E-state index in [0.29, 0.717) is 0 Å². The van der Waals surface area contributed by atoms with Crippen molar-refractivity contribution >= 4 is 10.9 Å². The molecular formula is C18H21NO. The maximum atomic E-state index is 10.6. The van der Waals surface area contributed by atoms with Gasteiger partial charge in [0.1, 0.15) is 6.10 Å². The number of allylic oxidation sites excluding steroid dienone is 1. The van der Waals surface area contributed by atoms with Crippen LogP contribution in [0.15, 0.2) is 48.2 Å². The van der Waals surface area contributed by atoms with Gasteiger partial charge in [-0.25, -0.2) is 0 Å². The van der Waals surface area contributed by atoms with Gasteiger partial charge >= 0.3 is 0 Å². The molecule has 0 fully saturated rings. The van der Waals surface area contributed by atoms with Gasteiger partial charge in [0.05, 0.1) is 5.52 Å². The monoisotopic (exact) mass is 267 g/mol. The molecule has 1 aromatic heterocycles. The molecule has 0 saturated carbocycles. The first-order chi connectivity index (χ1) is 9.84. The molecule has 0 bridgehead atoms. The molecule has 1 atom stereocenters. The van der Waals surface area contributed by atoms with E-state index in [1.807, 2.05) is 24.3 Å². The zero-order valence-electron chi connectivity index (χ0n) is 11.8. The number of aromatic nitrogens is 1. The van der Waals surface area contributed by atoms with Crippen LogP contribution in [0, 0.1) is 0 Å². The average Bonchev–Trinajstić information content (AvgIpc) is 2.46. The highest BCUT2D eigenvalue weighted by Gasteiger charge is 2.14. The molecule has 3 rings (SSSR count). The summed E-state index contributed by atoms with van der Waals surface area (Å²) in [4.78, 5) is 4.33. The average molecular weight is 267 g/mol. The number of nitrogens with zero attached hydrogens (tertiary/aromatic N) is 1. The predicted octanol–water partition coefficient (Wildman–Crippen LogP) is 4.55. The van der Waals surface area contributed by atoms with Crippen molar-refractivity contribution < 1.29 is 5.11 Å². The third-order valence-corrected chi connectivity index (χ3v) is 4.12. The van der Waals surface area contributed by atoms with Crippen LogP contribution in [0.1, 0.15) is 50.2 Å². The third kappa shape index (κ3) is 2.91. The van der Waals surface area contributed by atoms with Crippen molar-refractivity contribution in [1.29, 1.82) is 0 Å². The fourth-order valence-electron chi connectivity index (χ4n) is 2.94. The van der Waals surface area contributed by atoms with Gasteiger partial charge in [0, 0.05) is 11.6 Å². The SMILES string of the molecule is OC(/C1=C/CCCCCC1)c1ccc2ncccc2c1. The number of hydrogen-bond acceptors (Lipinski definition) is 2. The molecule has 2 heteroatoms. The number of benzene rings is 1. The van der Waals surface area contributed by atoms with Gasteiger partial charge in [-0.05, 0) is 55.0 Å². The van der Waals surface area contributed by atoms with Gasteiger partial charge in [-0.1, -0.05) is 31.1 Å². The first kappa shape index (κ1) is 13.3. The Kier molecular flexibility index (Phi) is 4.12. The van der Waals surface area contributed by atoms with Crippen molar-refractivity contribution in [3.8, 4) is 0 Å². The molecule has 1 N–H and O–H groups in total. The van der Waals surface area contributed by atoms with E-state index in [1.54, 1.807) is 6.20 Å². The number of hydrogen-bond donors (Lipinski definition) is 1. The molecule has 2 aromatic rings. The summed E-state index contributed by atoms with van der Waals surface area (Å²) in [6.07, 6.45) is 10.8. The first-order valence-corrected chi connectivity index (χ1v) is 7.56. The molecule has 104 valence electrons. The fraction of sp³-hybridized carbons (Fsp3) is 0.389. The Balaban J connectivity index is 1.88. The van der Waals surface area contributed by atoms with Crippen molar-refractivity contribution in [2.24, 2.45) is 0 Å². The summed E-state index contributed by atoms with van der Waals surface area (Å²) in [5.74, 6) is 0. The lowest BCUT2D eigenvalue weighted by molar-refractivity contribution is 0.209. The Bertz CT molecular complexity index is 618. The largest absolute Gasteiger partial charge is 0.384 e. The molecule has 0 amide bonds. The highest BCUT2D eigenvalue weighted by Crippen LogP contribution is 2.30. The van der Waals surface area contributed by atoms with Crippen LogP contribution in [0.4, 0.5) is 0 Å². The predicted molar refractivity (Wildman–Crippen MR) is 82.5 cm³/mol. The minimum absolute atomic E-state index is 0.460. The Labute approximate surface area is 120 Å². The van der Waals surface area contributed by atoms with Crippen LogP contribution >= 0.6 is 0 Å². The lowest BCUT2D eigenvalue weighted by Gasteiger charge is -2.18. The summed E-state index contributed by atoms with van der Waals surface area (Å²) in [6, 6.07) is 10.0. The van der Waals surface area contributed by atoms with Crippen LogP contribution in [0.25, 0.3) is 10.9 Å². The number of pyridine rings is 1. The van der Waals surface area contributed by atoms with Gasteiger partial charge in [0.15, 0.2) is 0 Å². The van der Waals surface area contributed by atoms with E-state index < -0.39 is 6.10 Å². The molecule has 0 spiro atoms. The van der Waals surface area contributed by atoms with Crippen molar-refractivity contribution in [3.05, 3.63) is 53.7 Å². The summed E-state index contributed by atoms with van der Waals surface area (Å²) in [5.41, 5.74) is 3.15. The van der Waals surface area contributed by atoms with E-state index in [9.17, 15) is 5.11 Å². The minimum atomic E-state index is -0.460. The number of aliphatic hydroxyl groups is 1. The van der Waals surface area contributed by atoms with Gasteiger partial charge < -0.3 is 5.11 Å². The van der Waals surface area contributed by atoms with Crippen molar-refractivity contribution in [1.82, 2.24) is 4.98 Å². The zero-order valence-corrected chi connectivity index (χ0v) is 11.8. The topological polar surface area (TPSA) is 33.1 Å². The normalized spacial score (nSPS) is 20.8. The highest BCUT2D eigenvalue weighted by molar-refractivity contribution is 5.79. The first-order valence-electron chi connectivity index (χ1n) is 7.56. The van der Waals surface area contributed by atoms with Gasteiger partial charge in [-0.2, -0.15) is 0 Å². The van der Waals surface area contributed by atoms with E-state index in [-0.39, 0.29) is 0 Å². The highest BCUT2D eigenvalue weighted by atomic mass is 16.3. The maximum Gasteiger partial charge on any atom is 0.100 e. The second-order valence-electron chi connectivity index (χ2n) is 5.59. The molecule has 2 nitrogen and oxygen atoms in total. The van der Waals surface area contributed by atoms with Gasteiger partial charge in [-0.15, -0.1) is 0 Å². The smallest absolute Gasteiger partial charge is 0.100 e. The van der Waals surface area contributed by atoms with E-state index >= 15 is 0 Å². The van der Waals surface area contributed by atoms with E-state index in [2.05, 4.69) is 17.1 Å². The lowest BCUT2D eigenvalue weighted by Crippen LogP contribution is -2.03. The molecule has 1 aliphatic rings. The zero-order chi connectivity index (χ0) is 13.8. The van der Waals surface area contributed by atoms with Gasteiger partial charge in [-0.3, -0.25) is 4.98 Å². The molecular weight excluding hydrogens is 246 g/mol. The quantitative estimate of drug-likeness (QED) is 0.810. The van der Waals surface area contributed by atoms with Crippen molar-refractivity contribution in [2.45, 2.75) is 44.6 Å². The summed E-state index contributed by atoms with van der Waals surface area (Å²) < 4.78 is 0. The summed E-state index contributed by atoms with van der Waals surface area (Å²) >= 11 is 0. The molecule has 1 aliphatic carbocycles. The Morgan fingerprint density at radius 2 is 1.95 bits per heavy atom. The second-order valence-corrected chi connectivity index (χ2v) is 5.59. The molecule has 1 aromatic carbocycles. The molecule has 0 saturated heterocycles. The van der Waals surface area contributed by atoms with Gasteiger partial charge in [0.25, 0.3) is 0 Å². The van der Waals surface area contributed by atoms with E-state index in [0.717, 1.165) is 29.3 Å². The van der Waals surface area contributed by atoms with Crippen LogP contribution in [0.3, 0.4) is 0 Å². The Hall–Kier alpha value is -1.67. The van der Waals surface area contributed by atoms with E-state index in [1.165, 1.54) is 31.3 Å². The Morgan fingerprint density at radius 3 is 2.90 bits per heavy atom. The van der Waals surface area contributed by atoms with Crippen LogP contribution in [-0.4, -0.2) is 10.1 Å². The number of rotatable bonds is 2. The maximum absolute atomic E-state index is 10.6. The van der Waals surface area contributed by atoms with Crippen LogP contribution < -0.4 is 0 Å². The molecule has 0 aliphatic heterocycles. The van der Waals surface area contributed by atoms with Crippen molar-refractivity contribution in [3.63, 3.8) is 0 Å². The fourth-order valence-corrected chi connectivity index (χ4v) is 2.94. The van der Waals surface area contributed by atoms with E-state index in [4.69, 9.17) is 0 Å². The Morgan fingerprint density at radius 1 is 1.05 bits per heavy atom. The van der Waals surface area contributed by atoms with Crippen LogP contribution in [-0.2, 0) is 0 Å². The van der Waals surface area contributed by atoms with Gasteiger partial charge in [0.2, 0.25) is 0 Å². The second kappa shape index (κ2) is 6.19. The van der Waals surface area contributed by atoms with Crippen LogP contribution in [0.5, 0.6) is 0 Å². The summed E-state index contributed by atoms with van der Waals surface area (Å²) in [6.45, 7) is 0. The van der Waals surface area contributed by atoms with Crippen LogP contribution in [0.2, 0.25) is 0 Å². The minimum Gasteiger partial charge on any atom is -0.384 e. The molecule has 1 heterocycles. The summed E-state index contributed by atoms with van der Waals surface area (Å²) in [5, 5.41) is 11.7. The number of fused-ring (bicyclic) bond motifs is 1. The van der Waals surface area contributed by atoms with Crippen molar-refractivity contribution in [2.75, 3.05) is 0 Å². The molecule has 20 heavy (non-hydrogen) atoms. The third-order valence-electron chi connectivity index (χ3n) is 4.12. The standard InChI is InChI=1S/C18H21NO/c20-18(14-7-4-2-1-3-5-8-14)16-10-11-17-15(13-16)9-6-12-19-17/h6-7,9-13,18,20H,1-5,8H2/b14-7+. The lowest BCUT2D eigenvalue weighted by atomic mass is 9.92. The molecule has 0 radical (unpaired) electrons. The summed E-state index contributed by atoms with van der Waals surface area (Å²) in [7, 11) is 0. The number of aliphatic hydroxyl groups excluding tert-OH is 1. The molecule has 1 unspecified atom stereocenters.